The van der Waals surface area contributed by atoms with E-state index in [0.717, 1.165) is 44.4 Å². The number of rotatable bonds is 3. The predicted octanol–water partition coefficient (Wildman–Crippen LogP) is 1.89. The molecule has 1 aromatic heterocycles. The summed E-state index contributed by atoms with van der Waals surface area (Å²) >= 11 is 0. The molecule has 1 aromatic rings. The van der Waals surface area contributed by atoms with Gasteiger partial charge < -0.3 is 15.2 Å². The van der Waals surface area contributed by atoms with Crippen LogP contribution in [-0.4, -0.2) is 34.6 Å². The molecule has 2 unspecified atom stereocenters. The smallest absolute Gasteiger partial charge is 0.276 e. The number of carbonyl (C=O) groups excluding carboxylic acids is 1. The van der Waals surface area contributed by atoms with Crippen LogP contribution in [0.25, 0.3) is 0 Å². The van der Waals surface area contributed by atoms with Gasteiger partial charge in [-0.1, -0.05) is 5.16 Å². The van der Waals surface area contributed by atoms with Gasteiger partial charge in [-0.3, -0.25) is 4.79 Å². The summed E-state index contributed by atoms with van der Waals surface area (Å²) in [6.45, 7) is 2.74. The summed E-state index contributed by atoms with van der Waals surface area (Å²) in [6, 6.07) is 1.94. The van der Waals surface area contributed by atoms with Gasteiger partial charge >= 0.3 is 0 Å². The molecule has 0 aromatic carbocycles. The van der Waals surface area contributed by atoms with Gasteiger partial charge in [0.1, 0.15) is 5.76 Å². The molecule has 1 saturated carbocycles. The van der Waals surface area contributed by atoms with Gasteiger partial charge in [-0.15, -0.1) is 0 Å². The van der Waals surface area contributed by atoms with E-state index in [9.17, 15) is 4.79 Å². The Kier molecular flexibility index (Phi) is 3.31. The molecule has 2 heterocycles. The molecule has 5 heteroatoms. The number of hydrogen-bond donors (Lipinski definition) is 1. The van der Waals surface area contributed by atoms with E-state index in [4.69, 9.17) is 10.3 Å². The Hall–Kier alpha value is -1.36. The fourth-order valence-corrected chi connectivity index (χ4v) is 2.85. The van der Waals surface area contributed by atoms with E-state index < -0.39 is 0 Å². The third kappa shape index (κ3) is 2.52. The molecule has 0 radical (unpaired) electrons. The van der Waals surface area contributed by atoms with Gasteiger partial charge in [-0.25, -0.2) is 0 Å². The summed E-state index contributed by atoms with van der Waals surface area (Å²) in [4.78, 5) is 14.4. The SMILES string of the molecule is CC(N)C1CCCCN1C(=O)c1cc(C2CC2)on1. The summed E-state index contributed by atoms with van der Waals surface area (Å²) in [6.07, 6.45) is 5.46. The number of nitrogens with two attached hydrogens (primary N) is 1. The molecule has 1 amide bonds. The zero-order chi connectivity index (χ0) is 13.4. The first-order valence-electron chi connectivity index (χ1n) is 7.20. The molecule has 1 saturated heterocycles. The van der Waals surface area contributed by atoms with Gasteiger partial charge in [0.15, 0.2) is 5.69 Å². The highest BCUT2D eigenvalue weighted by molar-refractivity contribution is 5.92. The number of nitrogens with zero attached hydrogens (tertiary/aromatic N) is 2. The second kappa shape index (κ2) is 4.96. The number of hydrogen-bond acceptors (Lipinski definition) is 4. The van der Waals surface area contributed by atoms with Crippen molar-refractivity contribution in [2.24, 2.45) is 5.73 Å². The molecule has 2 fully saturated rings. The minimum atomic E-state index is -0.0300. The molecule has 0 spiro atoms. The minimum absolute atomic E-state index is 0.000876. The molecule has 1 aliphatic heterocycles. The summed E-state index contributed by atoms with van der Waals surface area (Å²) in [7, 11) is 0. The Bertz CT molecular complexity index is 465. The molecule has 2 atom stereocenters. The number of amides is 1. The quantitative estimate of drug-likeness (QED) is 0.904. The highest BCUT2D eigenvalue weighted by Gasteiger charge is 2.33. The van der Waals surface area contributed by atoms with Gasteiger partial charge in [0.05, 0.1) is 0 Å². The maximum absolute atomic E-state index is 12.5. The van der Waals surface area contributed by atoms with Crippen LogP contribution in [0.3, 0.4) is 0 Å². The van der Waals surface area contributed by atoms with Crippen LogP contribution in [0, 0.1) is 0 Å². The van der Waals surface area contributed by atoms with E-state index >= 15 is 0 Å². The third-order valence-electron chi connectivity index (χ3n) is 4.14. The monoisotopic (exact) mass is 263 g/mol. The maximum Gasteiger partial charge on any atom is 0.276 e. The lowest BCUT2D eigenvalue weighted by Gasteiger charge is -2.37. The molecule has 1 aliphatic carbocycles. The van der Waals surface area contributed by atoms with Crippen LogP contribution >= 0.6 is 0 Å². The first-order valence-corrected chi connectivity index (χ1v) is 7.20. The Balaban J connectivity index is 1.76. The van der Waals surface area contributed by atoms with E-state index in [-0.39, 0.29) is 18.0 Å². The predicted molar refractivity (Wildman–Crippen MR) is 70.8 cm³/mol. The van der Waals surface area contributed by atoms with E-state index in [1.54, 1.807) is 0 Å². The molecular formula is C14H21N3O2. The van der Waals surface area contributed by atoms with Gasteiger partial charge in [0.25, 0.3) is 5.91 Å². The van der Waals surface area contributed by atoms with E-state index in [0.29, 0.717) is 11.6 Å². The number of piperidine rings is 1. The Morgan fingerprint density at radius 1 is 1.47 bits per heavy atom. The van der Waals surface area contributed by atoms with Crippen molar-refractivity contribution in [1.29, 1.82) is 0 Å². The van der Waals surface area contributed by atoms with Crippen LogP contribution in [0.15, 0.2) is 10.6 Å². The zero-order valence-electron chi connectivity index (χ0n) is 11.3. The molecule has 2 N–H and O–H groups in total. The van der Waals surface area contributed by atoms with Gasteiger partial charge in [-0.05, 0) is 39.0 Å². The van der Waals surface area contributed by atoms with Crippen molar-refractivity contribution in [3.05, 3.63) is 17.5 Å². The molecule has 104 valence electrons. The number of aromatic nitrogens is 1. The van der Waals surface area contributed by atoms with Crippen molar-refractivity contribution in [3.63, 3.8) is 0 Å². The van der Waals surface area contributed by atoms with Crippen molar-refractivity contribution in [1.82, 2.24) is 10.1 Å². The number of carbonyl (C=O) groups is 1. The zero-order valence-corrected chi connectivity index (χ0v) is 11.3. The molecule has 5 nitrogen and oxygen atoms in total. The summed E-state index contributed by atoms with van der Waals surface area (Å²) in [5.41, 5.74) is 6.44. The third-order valence-corrected chi connectivity index (χ3v) is 4.14. The average molecular weight is 263 g/mol. The normalized spacial score (nSPS) is 25.4. The first kappa shape index (κ1) is 12.7. The molecule has 19 heavy (non-hydrogen) atoms. The van der Waals surface area contributed by atoms with Gasteiger partial charge in [-0.2, -0.15) is 0 Å². The van der Waals surface area contributed by atoms with E-state index in [1.807, 2.05) is 17.9 Å². The average Bonchev–Trinajstić information content (AvgIpc) is 3.16. The van der Waals surface area contributed by atoms with E-state index in [1.165, 1.54) is 0 Å². The second-order valence-corrected chi connectivity index (χ2v) is 5.81. The van der Waals surface area contributed by atoms with Crippen molar-refractivity contribution >= 4 is 5.91 Å². The highest BCUT2D eigenvalue weighted by Crippen LogP contribution is 2.40. The lowest BCUT2D eigenvalue weighted by molar-refractivity contribution is 0.0573. The minimum Gasteiger partial charge on any atom is -0.360 e. The van der Waals surface area contributed by atoms with Crippen LogP contribution in [0.5, 0.6) is 0 Å². The second-order valence-electron chi connectivity index (χ2n) is 5.81. The first-order chi connectivity index (χ1) is 9.16. The fourth-order valence-electron chi connectivity index (χ4n) is 2.85. The Morgan fingerprint density at radius 3 is 2.95 bits per heavy atom. The van der Waals surface area contributed by atoms with Gasteiger partial charge in [0, 0.05) is 30.6 Å². The lowest BCUT2D eigenvalue weighted by atomic mass is 9.96. The highest BCUT2D eigenvalue weighted by atomic mass is 16.5. The van der Waals surface area contributed by atoms with Crippen LogP contribution in [0.1, 0.15) is 61.2 Å². The molecule has 2 aliphatic rings. The van der Waals surface area contributed by atoms with Crippen LogP contribution < -0.4 is 5.73 Å². The van der Waals surface area contributed by atoms with Crippen molar-refractivity contribution in [2.45, 2.75) is 57.0 Å². The lowest BCUT2D eigenvalue weighted by Crippen LogP contribution is -2.51. The summed E-state index contributed by atoms with van der Waals surface area (Å²) in [5.74, 6) is 1.31. The van der Waals surface area contributed by atoms with E-state index in [2.05, 4.69) is 5.16 Å². The molecule has 0 bridgehead atoms. The van der Waals surface area contributed by atoms with Crippen LogP contribution in [0.2, 0.25) is 0 Å². The largest absolute Gasteiger partial charge is 0.360 e. The maximum atomic E-state index is 12.5. The van der Waals surface area contributed by atoms with Crippen molar-refractivity contribution in [3.8, 4) is 0 Å². The van der Waals surface area contributed by atoms with Crippen molar-refractivity contribution < 1.29 is 9.32 Å². The van der Waals surface area contributed by atoms with Gasteiger partial charge in [0.2, 0.25) is 0 Å². The Labute approximate surface area is 113 Å². The van der Waals surface area contributed by atoms with Crippen LogP contribution in [0.4, 0.5) is 0 Å². The topological polar surface area (TPSA) is 72.4 Å². The van der Waals surface area contributed by atoms with Crippen molar-refractivity contribution in [2.75, 3.05) is 6.54 Å². The number of likely N-dealkylation sites (tertiary alicyclic amines) is 1. The Morgan fingerprint density at radius 2 is 2.26 bits per heavy atom. The standard InChI is InChI=1S/C14H21N3O2/c1-9(15)12-4-2-3-7-17(12)14(18)11-8-13(19-16-11)10-5-6-10/h8-10,12H,2-7,15H2,1H3. The molecule has 3 rings (SSSR count). The molecular weight excluding hydrogens is 242 g/mol. The summed E-state index contributed by atoms with van der Waals surface area (Å²) in [5, 5.41) is 3.94. The van der Waals surface area contributed by atoms with Crippen LogP contribution in [-0.2, 0) is 0 Å². The fraction of sp³-hybridized carbons (Fsp3) is 0.714. The summed E-state index contributed by atoms with van der Waals surface area (Å²) < 4.78 is 5.27.